The molecule has 0 aliphatic heterocycles. The number of halogens is 3. The Morgan fingerprint density at radius 3 is 2.74 bits per heavy atom. The van der Waals surface area contributed by atoms with E-state index in [1.165, 1.54) is 31.7 Å². The average molecular weight is 301 g/mol. The predicted molar refractivity (Wildman–Crippen MR) is 76.2 cm³/mol. The molecule has 1 saturated carbocycles. The molecule has 1 aromatic heterocycles. The second-order valence-electron chi connectivity index (χ2n) is 5.18. The maximum Gasteiger partial charge on any atom is 0.144 e. The zero-order valence-corrected chi connectivity index (χ0v) is 12.0. The molecule has 1 aliphatic carbocycles. The molecule has 0 bridgehead atoms. The maximum atomic E-state index is 13.5. The fourth-order valence-corrected chi connectivity index (χ4v) is 3.29. The molecule has 0 radical (unpaired) electrons. The first-order valence-electron chi connectivity index (χ1n) is 6.59. The molecule has 1 heterocycles. The third-order valence-corrected chi connectivity index (χ3v) is 4.43. The van der Waals surface area contributed by atoms with E-state index in [9.17, 15) is 4.39 Å². The van der Waals surface area contributed by atoms with Gasteiger partial charge in [-0.05, 0) is 24.8 Å². The van der Waals surface area contributed by atoms with Gasteiger partial charge in [0.1, 0.15) is 11.6 Å². The minimum Gasteiger partial charge on any atom is -0.327 e. The van der Waals surface area contributed by atoms with Crippen molar-refractivity contribution in [2.45, 2.75) is 38.1 Å². The topological polar surface area (TPSA) is 17.8 Å². The van der Waals surface area contributed by atoms with Crippen LogP contribution >= 0.6 is 23.2 Å². The summed E-state index contributed by atoms with van der Waals surface area (Å²) in [7, 11) is 0. The number of hydrogen-bond acceptors (Lipinski definition) is 1. The summed E-state index contributed by atoms with van der Waals surface area (Å²) in [6, 6.07) is 3.04. The quantitative estimate of drug-likeness (QED) is 0.747. The van der Waals surface area contributed by atoms with Gasteiger partial charge in [-0.15, -0.1) is 11.6 Å². The van der Waals surface area contributed by atoms with Gasteiger partial charge >= 0.3 is 0 Å². The van der Waals surface area contributed by atoms with E-state index in [0.29, 0.717) is 17.3 Å². The molecule has 0 unspecified atom stereocenters. The number of rotatable bonds is 3. The normalized spacial score (nSPS) is 16.6. The molecule has 1 aliphatic rings. The molecule has 0 amide bonds. The van der Waals surface area contributed by atoms with Crippen LogP contribution in [-0.4, -0.2) is 9.55 Å². The Hall–Kier alpha value is -0.800. The Kier molecular flexibility index (Phi) is 3.68. The standard InChI is InChI=1S/C14H15Cl2FN2/c15-7-14-18-12-6-11(17)10(16)5-13(12)19(14)8-9-3-1-2-4-9/h5-6,9H,1-4,7-8H2. The highest BCUT2D eigenvalue weighted by atomic mass is 35.5. The Morgan fingerprint density at radius 1 is 1.32 bits per heavy atom. The summed E-state index contributed by atoms with van der Waals surface area (Å²) in [4.78, 5) is 4.41. The highest BCUT2D eigenvalue weighted by Crippen LogP contribution is 2.30. The van der Waals surface area contributed by atoms with Crippen molar-refractivity contribution in [3.05, 3.63) is 28.8 Å². The van der Waals surface area contributed by atoms with Crippen LogP contribution < -0.4 is 0 Å². The van der Waals surface area contributed by atoms with Gasteiger partial charge in [0.25, 0.3) is 0 Å². The molecule has 0 atom stereocenters. The van der Waals surface area contributed by atoms with Gasteiger partial charge in [-0.2, -0.15) is 0 Å². The summed E-state index contributed by atoms with van der Waals surface area (Å²) < 4.78 is 15.6. The number of benzene rings is 1. The van der Waals surface area contributed by atoms with Crippen molar-refractivity contribution in [2.24, 2.45) is 5.92 Å². The van der Waals surface area contributed by atoms with Crippen molar-refractivity contribution >= 4 is 34.2 Å². The third-order valence-electron chi connectivity index (χ3n) is 3.90. The van der Waals surface area contributed by atoms with Crippen molar-refractivity contribution in [1.29, 1.82) is 0 Å². The van der Waals surface area contributed by atoms with Crippen molar-refractivity contribution in [3.63, 3.8) is 0 Å². The number of nitrogens with zero attached hydrogens (tertiary/aromatic N) is 2. The molecular weight excluding hydrogens is 286 g/mol. The van der Waals surface area contributed by atoms with E-state index >= 15 is 0 Å². The Morgan fingerprint density at radius 2 is 2.05 bits per heavy atom. The molecule has 5 heteroatoms. The monoisotopic (exact) mass is 300 g/mol. The first kappa shape index (κ1) is 13.2. The third kappa shape index (κ3) is 2.46. The second kappa shape index (κ2) is 5.29. The van der Waals surface area contributed by atoms with Crippen LogP contribution in [0.5, 0.6) is 0 Å². The number of hydrogen-bond donors (Lipinski definition) is 0. The summed E-state index contributed by atoms with van der Waals surface area (Å²) in [5.41, 5.74) is 1.52. The fraction of sp³-hybridized carbons (Fsp3) is 0.500. The highest BCUT2D eigenvalue weighted by molar-refractivity contribution is 6.31. The van der Waals surface area contributed by atoms with Gasteiger partial charge in [-0.1, -0.05) is 24.4 Å². The lowest BCUT2D eigenvalue weighted by molar-refractivity contribution is 0.457. The van der Waals surface area contributed by atoms with Crippen LogP contribution in [0, 0.1) is 11.7 Å². The van der Waals surface area contributed by atoms with Crippen LogP contribution in [0.1, 0.15) is 31.5 Å². The number of alkyl halides is 1. The number of fused-ring (bicyclic) bond motifs is 1. The molecule has 2 aromatic rings. The summed E-state index contributed by atoms with van der Waals surface area (Å²) in [5, 5.41) is 0.140. The van der Waals surface area contributed by atoms with Gasteiger partial charge in [0.05, 0.1) is 21.9 Å². The fourth-order valence-electron chi connectivity index (χ4n) is 2.93. The molecule has 1 fully saturated rings. The van der Waals surface area contributed by atoms with Crippen LogP contribution in [0.2, 0.25) is 5.02 Å². The van der Waals surface area contributed by atoms with Gasteiger partial charge < -0.3 is 4.57 Å². The molecule has 102 valence electrons. The van der Waals surface area contributed by atoms with Gasteiger partial charge in [0.15, 0.2) is 0 Å². The minimum atomic E-state index is -0.430. The van der Waals surface area contributed by atoms with Crippen molar-refractivity contribution in [1.82, 2.24) is 9.55 Å². The summed E-state index contributed by atoms with van der Waals surface area (Å²) in [6.45, 7) is 0.903. The van der Waals surface area contributed by atoms with Gasteiger partial charge in [-0.3, -0.25) is 0 Å². The van der Waals surface area contributed by atoms with E-state index in [-0.39, 0.29) is 5.02 Å². The van der Waals surface area contributed by atoms with E-state index in [1.54, 1.807) is 6.07 Å². The lowest BCUT2D eigenvalue weighted by Crippen LogP contribution is -2.10. The Labute approximate surface area is 121 Å². The molecule has 0 N–H and O–H groups in total. The van der Waals surface area contributed by atoms with E-state index < -0.39 is 5.82 Å². The number of imidazole rings is 1. The smallest absolute Gasteiger partial charge is 0.144 e. The first-order valence-corrected chi connectivity index (χ1v) is 7.50. The van der Waals surface area contributed by atoms with Crippen molar-refractivity contribution in [3.8, 4) is 0 Å². The van der Waals surface area contributed by atoms with E-state index in [4.69, 9.17) is 23.2 Å². The highest BCUT2D eigenvalue weighted by Gasteiger charge is 2.19. The maximum absolute atomic E-state index is 13.5. The molecular formula is C14H15Cl2FN2. The van der Waals surface area contributed by atoms with E-state index in [2.05, 4.69) is 9.55 Å². The van der Waals surface area contributed by atoms with Gasteiger partial charge in [0.2, 0.25) is 0 Å². The lowest BCUT2D eigenvalue weighted by atomic mass is 10.1. The first-order chi connectivity index (χ1) is 9.19. The van der Waals surface area contributed by atoms with Crippen LogP contribution in [0.3, 0.4) is 0 Å². The van der Waals surface area contributed by atoms with Gasteiger partial charge in [0, 0.05) is 12.6 Å². The lowest BCUT2D eigenvalue weighted by Gasteiger charge is -2.13. The molecule has 2 nitrogen and oxygen atoms in total. The van der Waals surface area contributed by atoms with Crippen molar-refractivity contribution in [2.75, 3.05) is 0 Å². The summed E-state index contributed by atoms with van der Waals surface area (Å²) in [6.07, 6.45) is 5.08. The molecule has 3 rings (SSSR count). The SMILES string of the molecule is Fc1cc2nc(CCl)n(CC3CCCC3)c2cc1Cl. The van der Waals surface area contributed by atoms with Crippen LogP contribution in [0.4, 0.5) is 4.39 Å². The number of aromatic nitrogens is 2. The van der Waals surface area contributed by atoms with Crippen LogP contribution in [0.15, 0.2) is 12.1 Å². The van der Waals surface area contributed by atoms with Gasteiger partial charge in [-0.25, -0.2) is 9.37 Å². The zero-order chi connectivity index (χ0) is 13.4. The molecule has 0 spiro atoms. The average Bonchev–Trinajstić information content (AvgIpc) is 3.00. The summed E-state index contributed by atoms with van der Waals surface area (Å²) >= 11 is 11.8. The molecule has 1 aromatic carbocycles. The Bertz CT molecular complexity index is 603. The predicted octanol–water partition coefficient (Wildman–Crippen LogP) is 4.76. The second-order valence-corrected chi connectivity index (χ2v) is 5.85. The van der Waals surface area contributed by atoms with Crippen molar-refractivity contribution < 1.29 is 4.39 Å². The summed E-state index contributed by atoms with van der Waals surface area (Å²) in [5.74, 6) is 1.37. The van der Waals surface area contributed by atoms with E-state index in [0.717, 1.165) is 17.9 Å². The van der Waals surface area contributed by atoms with Crippen LogP contribution in [0.25, 0.3) is 11.0 Å². The van der Waals surface area contributed by atoms with Crippen LogP contribution in [-0.2, 0) is 12.4 Å². The molecule has 0 saturated heterocycles. The minimum absolute atomic E-state index is 0.140. The van der Waals surface area contributed by atoms with E-state index in [1.807, 2.05) is 0 Å². The molecule has 19 heavy (non-hydrogen) atoms. The Balaban J connectivity index is 2.06. The largest absolute Gasteiger partial charge is 0.327 e. The zero-order valence-electron chi connectivity index (χ0n) is 10.5.